The van der Waals surface area contributed by atoms with Crippen molar-refractivity contribution in [1.29, 1.82) is 0 Å². The highest BCUT2D eigenvalue weighted by atomic mass is 32.2. The average molecular weight is 552 g/mol. The van der Waals surface area contributed by atoms with Gasteiger partial charge in [-0.2, -0.15) is 0 Å². The fourth-order valence-corrected chi connectivity index (χ4v) is 6.40. The Morgan fingerprint density at radius 3 is 2.13 bits per heavy atom. The zero-order valence-corrected chi connectivity index (χ0v) is 22.8. The standard InChI is InChI=1S/C30H34FN3O4S/c1-2-27(30(36)32-24-15-9-10-16-24)33(21-23-13-5-3-6-14-23)29(35)22-34(28-20-12-11-19-26(28)31)39(37,38)25-17-7-4-8-18-25/h3-8,11-14,17-20,24,27H,2,9-10,15-16,21-22H2,1H3,(H,32,36)/t27-/m1/s1. The van der Waals surface area contributed by atoms with Gasteiger partial charge in [0.05, 0.1) is 10.6 Å². The summed E-state index contributed by atoms with van der Waals surface area (Å²) in [6.07, 6.45) is 4.21. The SMILES string of the molecule is CC[C@H](C(=O)NC1CCCC1)N(Cc1ccccc1)C(=O)CN(c1ccccc1F)S(=O)(=O)c1ccccc1. The summed E-state index contributed by atoms with van der Waals surface area (Å²) in [5.41, 5.74) is 0.555. The quantitative estimate of drug-likeness (QED) is 0.368. The Labute approximate surface area is 229 Å². The molecular weight excluding hydrogens is 517 g/mol. The van der Waals surface area contributed by atoms with Gasteiger partial charge in [-0.3, -0.25) is 13.9 Å². The van der Waals surface area contributed by atoms with Gasteiger partial charge in [0.1, 0.15) is 18.4 Å². The molecule has 1 N–H and O–H groups in total. The summed E-state index contributed by atoms with van der Waals surface area (Å²) in [6, 6.07) is 21.5. The van der Waals surface area contributed by atoms with Crippen molar-refractivity contribution in [3.05, 3.63) is 96.3 Å². The molecule has 1 aliphatic rings. The summed E-state index contributed by atoms with van der Waals surface area (Å²) >= 11 is 0. The molecule has 7 nitrogen and oxygen atoms in total. The lowest BCUT2D eigenvalue weighted by molar-refractivity contribution is -0.140. The summed E-state index contributed by atoms with van der Waals surface area (Å²) in [7, 11) is -4.30. The molecule has 3 aromatic carbocycles. The molecule has 0 aromatic heterocycles. The van der Waals surface area contributed by atoms with Crippen molar-refractivity contribution in [1.82, 2.24) is 10.2 Å². The van der Waals surface area contributed by atoms with Crippen molar-refractivity contribution in [2.75, 3.05) is 10.8 Å². The number of halogens is 1. The Morgan fingerprint density at radius 1 is 0.923 bits per heavy atom. The number of para-hydroxylation sites is 1. The van der Waals surface area contributed by atoms with E-state index in [0.717, 1.165) is 41.6 Å². The highest BCUT2D eigenvalue weighted by Crippen LogP contribution is 2.27. The number of sulfonamides is 1. The van der Waals surface area contributed by atoms with E-state index in [1.807, 2.05) is 37.3 Å². The van der Waals surface area contributed by atoms with E-state index < -0.39 is 34.3 Å². The van der Waals surface area contributed by atoms with Crippen molar-refractivity contribution >= 4 is 27.5 Å². The van der Waals surface area contributed by atoms with Gasteiger partial charge in [-0.05, 0) is 49.1 Å². The van der Waals surface area contributed by atoms with Crippen LogP contribution in [0.15, 0.2) is 89.8 Å². The zero-order chi connectivity index (χ0) is 27.8. The van der Waals surface area contributed by atoms with Crippen LogP contribution < -0.4 is 9.62 Å². The molecule has 1 atom stereocenters. The summed E-state index contributed by atoms with van der Waals surface area (Å²) in [4.78, 5) is 28.7. The molecule has 206 valence electrons. The highest BCUT2D eigenvalue weighted by molar-refractivity contribution is 7.92. The van der Waals surface area contributed by atoms with Gasteiger partial charge in [0.2, 0.25) is 11.8 Å². The third-order valence-electron chi connectivity index (χ3n) is 7.01. The summed E-state index contributed by atoms with van der Waals surface area (Å²) in [6.45, 7) is 1.25. The molecule has 9 heteroatoms. The molecule has 39 heavy (non-hydrogen) atoms. The second-order valence-electron chi connectivity index (χ2n) is 9.70. The first kappa shape index (κ1) is 28.3. The number of carbonyl (C=O) groups excluding carboxylic acids is 2. The average Bonchev–Trinajstić information content (AvgIpc) is 3.46. The van der Waals surface area contributed by atoms with Crippen molar-refractivity contribution in [2.45, 2.75) is 62.6 Å². The minimum atomic E-state index is -4.30. The maximum atomic E-state index is 15.0. The number of benzene rings is 3. The van der Waals surface area contributed by atoms with E-state index in [-0.39, 0.29) is 29.1 Å². The van der Waals surface area contributed by atoms with E-state index in [1.165, 1.54) is 35.2 Å². The Bertz CT molecular complexity index is 1360. The number of nitrogens with one attached hydrogen (secondary N) is 1. The molecule has 0 heterocycles. The lowest BCUT2D eigenvalue weighted by Gasteiger charge is -2.33. The number of anilines is 1. The molecule has 0 aliphatic heterocycles. The van der Waals surface area contributed by atoms with Crippen LogP contribution in [-0.2, 0) is 26.2 Å². The number of carbonyl (C=O) groups is 2. The predicted molar refractivity (Wildman–Crippen MR) is 149 cm³/mol. The number of rotatable bonds is 11. The Balaban J connectivity index is 1.70. The maximum Gasteiger partial charge on any atom is 0.264 e. The molecule has 0 saturated heterocycles. The van der Waals surface area contributed by atoms with Gasteiger partial charge < -0.3 is 10.2 Å². The first-order chi connectivity index (χ1) is 18.8. The van der Waals surface area contributed by atoms with Crippen molar-refractivity contribution in [2.24, 2.45) is 0 Å². The van der Waals surface area contributed by atoms with Gasteiger partial charge in [-0.1, -0.05) is 80.4 Å². The molecule has 4 rings (SSSR count). The zero-order valence-electron chi connectivity index (χ0n) is 22.0. The first-order valence-electron chi connectivity index (χ1n) is 13.3. The van der Waals surface area contributed by atoms with Gasteiger partial charge in [-0.15, -0.1) is 0 Å². The van der Waals surface area contributed by atoms with Gasteiger partial charge >= 0.3 is 0 Å². The fourth-order valence-electron chi connectivity index (χ4n) is 4.95. The molecule has 0 radical (unpaired) electrons. The molecule has 0 bridgehead atoms. The van der Waals surface area contributed by atoms with Crippen LogP contribution in [0.2, 0.25) is 0 Å². The molecule has 2 amide bonds. The lowest BCUT2D eigenvalue weighted by Crippen LogP contribution is -2.53. The lowest BCUT2D eigenvalue weighted by atomic mass is 10.1. The van der Waals surface area contributed by atoms with E-state index in [2.05, 4.69) is 5.32 Å². The summed E-state index contributed by atoms with van der Waals surface area (Å²) in [5.74, 6) is -1.64. The van der Waals surface area contributed by atoms with Crippen molar-refractivity contribution < 1.29 is 22.4 Å². The number of amides is 2. The van der Waals surface area contributed by atoms with Gasteiger partial charge in [0.15, 0.2) is 0 Å². The van der Waals surface area contributed by atoms with Crippen LogP contribution in [0.25, 0.3) is 0 Å². The second-order valence-corrected chi connectivity index (χ2v) is 11.6. The van der Waals surface area contributed by atoms with E-state index in [1.54, 1.807) is 18.2 Å². The van der Waals surface area contributed by atoms with Crippen molar-refractivity contribution in [3.8, 4) is 0 Å². The van der Waals surface area contributed by atoms with E-state index in [0.29, 0.717) is 6.42 Å². The van der Waals surface area contributed by atoms with E-state index >= 15 is 0 Å². The number of hydrogen-bond acceptors (Lipinski definition) is 4. The highest BCUT2D eigenvalue weighted by Gasteiger charge is 2.35. The third-order valence-corrected chi connectivity index (χ3v) is 8.79. The second kappa shape index (κ2) is 12.9. The normalized spacial score (nSPS) is 14.5. The molecule has 1 aliphatic carbocycles. The topological polar surface area (TPSA) is 86.8 Å². The van der Waals surface area contributed by atoms with Crippen LogP contribution in [0, 0.1) is 5.82 Å². The summed E-state index contributed by atoms with van der Waals surface area (Å²) < 4.78 is 43.2. The van der Waals surface area contributed by atoms with Crippen LogP contribution in [0.3, 0.4) is 0 Å². The van der Waals surface area contributed by atoms with E-state index in [4.69, 9.17) is 0 Å². The monoisotopic (exact) mass is 551 g/mol. The summed E-state index contributed by atoms with van der Waals surface area (Å²) in [5, 5.41) is 3.08. The largest absolute Gasteiger partial charge is 0.352 e. The van der Waals surface area contributed by atoms with Crippen LogP contribution >= 0.6 is 0 Å². The fraction of sp³-hybridized carbons (Fsp3) is 0.333. The minimum absolute atomic E-state index is 0.0635. The minimum Gasteiger partial charge on any atom is -0.352 e. The van der Waals surface area contributed by atoms with Crippen LogP contribution in [0.4, 0.5) is 10.1 Å². The first-order valence-corrected chi connectivity index (χ1v) is 14.7. The Kier molecular flexibility index (Phi) is 9.35. The molecule has 0 spiro atoms. The third kappa shape index (κ3) is 6.84. The van der Waals surface area contributed by atoms with Crippen LogP contribution in [0.5, 0.6) is 0 Å². The van der Waals surface area contributed by atoms with Gasteiger partial charge in [0.25, 0.3) is 10.0 Å². The van der Waals surface area contributed by atoms with Crippen LogP contribution in [0.1, 0.15) is 44.6 Å². The predicted octanol–water partition coefficient (Wildman–Crippen LogP) is 4.89. The van der Waals surface area contributed by atoms with Crippen LogP contribution in [-0.4, -0.2) is 43.8 Å². The Hall–Kier alpha value is -3.72. The maximum absolute atomic E-state index is 15.0. The molecule has 1 saturated carbocycles. The van der Waals surface area contributed by atoms with E-state index in [9.17, 15) is 22.4 Å². The van der Waals surface area contributed by atoms with Crippen molar-refractivity contribution in [3.63, 3.8) is 0 Å². The van der Waals surface area contributed by atoms with Gasteiger partial charge in [-0.25, -0.2) is 12.8 Å². The molecule has 1 fully saturated rings. The Morgan fingerprint density at radius 2 is 1.51 bits per heavy atom. The molecule has 0 unspecified atom stereocenters. The molecule has 3 aromatic rings. The number of nitrogens with zero attached hydrogens (tertiary/aromatic N) is 2. The number of hydrogen-bond donors (Lipinski definition) is 1. The smallest absolute Gasteiger partial charge is 0.264 e. The van der Waals surface area contributed by atoms with Gasteiger partial charge in [0, 0.05) is 12.6 Å². The molecular formula is C30H34FN3O4S.